The first-order valence-corrected chi connectivity index (χ1v) is 8.24. The van der Waals surface area contributed by atoms with Crippen molar-refractivity contribution in [3.8, 4) is 11.5 Å². The number of fused-ring (bicyclic) bond motifs is 1. The van der Waals surface area contributed by atoms with Gasteiger partial charge in [-0.2, -0.15) is 0 Å². The van der Waals surface area contributed by atoms with Crippen molar-refractivity contribution in [1.82, 2.24) is 4.98 Å². The smallest absolute Gasteiger partial charge is 0.342 e. The quantitative estimate of drug-likeness (QED) is 0.280. The van der Waals surface area contributed by atoms with E-state index in [1.165, 1.54) is 7.11 Å². The third-order valence-electron chi connectivity index (χ3n) is 3.49. The highest BCUT2D eigenvalue weighted by Crippen LogP contribution is 2.38. The third kappa shape index (κ3) is 3.85. The van der Waals surface area contributed by atoms with Crippen molar-refractivity contribution in [1.29, 1.82) is 0 Å². The topological polar surface area (TPSA) is 136 Å². The van der Waals surface area contributed by atoms with E-state index < -0.39 is 16.6 Å². The van der Waals surface area contributed by atoms with Crippen molar-refractivity contribution in [2.45, 2.75) is 5.22 Å². The Kier molecular flexibility index (Phi) is 4.99. The Hall–Kier alpha value is -3.53. The molecular formula is C17H12N2O7S. The summed E-state index contributed by atoms with van der Waals surface area (Å²) in [4.78, 5) is 25.9. The first kappa shape index (κ1) is 18.3. The van der Waals surface area contributed by atoms with Crippen LogP contribution >= 0.6 is 11.8 Å². The summed E-state index contributed by atoms with van der Waals surface area (Å²) in [6.45, 7) is 0. The van der Waals surface area contributed by atoms with Crippen LogP contribution in [0, 0.1) is 10.1 Å². The van der Waals surface area contributed by atoms with Gasteiger partial charge in [0.2, 0.25) is 0 Å². The van der Waals surface area contributed by atoms with Gasteiger partial charge in [-0.1, -0.05) is 12.1 Å². The number of ether oxygens (including phenoxy) is 1. The number of oxazole rings is 1. The number of phenolic OH excluding ortho intramolecular Hbond substituents is 1. The summed E-state index contributed by atoms with van der Waals surface area (Å²) in [5.74, 6) is -1.88. The maximum absolute atomic E-state index is 11.6. The number of carboxylic acids is 1. The van der Waals surface area contributed by atoms with Crippen LogP contribution in [0.15, 0.2) is 50.9 Å². The number of carbonyl (C=O) groups is 1. The zero-order chi connectivity index (χ0) is 19.6. The zero-order valence-electron chi connectivity index (χ0n) is 13.8. The second-order valence-corrected chi connectivity index (χ2v) is 6.20. The summed E-state index contributed by atoms with van der Waals surface area (Å²) in [6, 6.07) is 9.01. The van der Waals surface area contributed by atoms with Gasteiger partial charge in [-0.3, -0.25) is 10.1 Å². The molecule has 2 N–H and O–H groups in total. The minimum absolute atomic E-state index is 0.0814. The highest BCUT2D eigenvalue weighted by molar-refractivity contribution is 8.03. The van der Waals surface area contributed by atoms with E-state index in [4.69, 9.17) is 9.15 Å². The van der Waals surface area contributed by atoms with E-state index in [-0.39, 0.29) is 27.1 Å². The molecule has 0 aliphatic heterocycles. The summed E-state index contributed by atoms with van der Waals surface area (Å²) >= 11 is 0.716. The summed E-state index contributed by atoms with van der Waals surface area (Å²) in [5.41, 5.74) is 0.615. The molecule has 10 heteroatoms. The predicted molar refractivity (Wildman–Crippen MR) is 96.8 cm³/mol. The largest absolute Gasteiger partial charge is 0.504 e. The molecule has 0 saturated carbocycles. The fourth-order valence-corrected chi connectivity index (χ4v) is 2.99. The molecule has 1 heterocycles. The molecule has 3 aromatic rings. The Morgan fingerprint density at radius 2 is 2.11 bits per heavy atom. The van der Waals surface area contributed by atoms with Crippen LogP contribution in [0.2, 0.25) is 0 Å². The number of aliphatic carboxylic acids is 1. The van der Waals surface area contributed by atoms with Crippen molar-refractivity contribution in [2.75, 3.05) is 7.11 Å². The molecular weight excluding hydrogens is 376 g/mol. The number of nitro benzene ring substituents is 1. The number of methoxy groups -OCH3 is 1. The van der Waals surface area contributed by atoms with Gasteiger partial charge < -0.3 is 19.4 Å². The number of aromatic hydroxyl groups is 1. The maximum atomic E-state index is 11.6. The van der Waals surface area contributed by atoms with Crippen LogP contribution in [0.1, 0.15) is 5.56 Å². The zero-order valence-corrected chi connectivity index (χ0v) is 14.6. The second kappa shape index (κ2) is 7.38. The van der Waals surface area contributed by atoms with Gasteiger partial charge >= 0.3 is 5.97 Å². The number of carboxylic acid groups (broad SMARTS) is 1. The summed E-state index contributed by atoms with van der Waals surface area (Å²) in [5, 5.41) is 30.8. The molecule has 0 fully saturated rings. The van der Waals surface area contributed by atoms with Crippen molar-refractivity contribution in [2.24, 2.45) is 0 Å². The average Bonchev–Trinajstić information content (AvgIpc) is 3.04. The molecule has 2 aromatic carbocycles. The number of phenols is 1. The molecule has 0 unspecified atom stereocenters. The van der Waals surface area contributed by atoms with E-state index in [0.717, 1.165) is 18.2 Å². The van der Waals surface area contributed by atoms with Crippen LogP contribution < -0.4 is 4.74 Å². The van der Waals surface area contributed by atoms with E-state index in [0.29, 0.717) is 22.9 Å². The lowest BCUT2D eigenvalue weighted by atomic mass is 10.1. The van der Waals surface area contributed by atoms with Crippen molar-refractivity contribution < 1.29 is 29.1 Å². The van der Waals surface area contributed by atoms with Gasteiger partial charge in [-0.25, -0.2) is 9.78 Å². The van der Waals surface area contributed by atoms with E-state index in [2.05, 4.69) is 4.98 Å². The lowest BCUT2D eigenvalue weighted by Gasteiger charge is -2.07. The molecule has 0 radical (unpaired) electrons. The molecule has 27 heavy (non-hydrogen) atoms. The number of nitrogens with zero attached hydrogens (tertiary/aromatic N) is 2. The minimum Gasteiger partial charge on any atom is -0.504 e. The predicted octanol–water partition coefficient (Wildman–Crippen LogP) is 3.67. The third-order valence-corrected chi connectivity index (χ3v) is 4.35. The normalized spacial score (nSPS) is 11.5. The summed E-state index contributed by atoms with van der Waals surface area (Å²) < 4.78 is 10.4. The summed E-state index contributed by atoms with van der Waals surface area (Å²) in [7, 11) is 1.23. The Bertz CT molecular complexity index is 1040. The van der Waals surface area contributed by atoms with Crippen LogP contribution in [0.25, 0.3) is 17.2 Å². The lowest BCUT2D eigenvalue weighted by Crippen LogP contribution is -1.98. The van der Waals surface area contributed by atoms with Gasteiger partial charge in [0, 0.05) is 11.6 Å². The minimum atomic E-state index is -1.31. The molecule has 0 atom stereocenters. The second-order valence-electron chi connectivity index (χ2n) is 5.21. The van der Waals surface area contributed by atoms with Gasteiger partial charge in [0.1, 0.15) is 10.4 Å². The Morgan fingerprint density at radius 3 is 2.74 bits per heavy atom. The van der Waals surface area contributed by atoms with E-state index >= 15 is 0 Å². The number of hydrogen-bond donors (Lipinski definition) is 2. The molecule has 0 saturated heterocycles. The van der Waals surface area contributed by atoms with Gasteiger partial charge in [0.25, 0.3) is 10.9 Å². The molecule has 0 bridgehead atoms. The van der Waals surface area contributed by atoms with Gasteiger partial charge in [0.05, 0.1) is 18.1 Å². The van der Waals surface area contributed by atoms with E-state index in [9.17, 15) is 25.1 Å². The van der Waals surface area contributed by atoms with E-state index in [1.807, 2.05) is 0 Å². The average molecular weight is 388 g/mol. The number of thioether (sulfide) groups is 1. The highest BCUT2D eigenvalue weighted by Gasteiger charge is 2.20. The monoisotopic (exact) mass is 388 g/mol. The highest BCUT2D eigenvalue weighted by atomic mass is 32.2. The number of benzene rings is 2. The molecule has 1 aromatic heterocycles. The standard InChI is InChI=1S/C17H12N2O7S/c1-25-13-8-10(19(23)24)6-9(15(13)20)7-14(16(21)22)27-17-18-11-4-2-3-5-12(11)26-17/h2-8,20H,1H3,(H,21,22)/b14-7+. The van der Waals surface area contributed by atoms with Gasteiger partial charge in [-0.05, 0) is 30.0 Å². The number of non-ortho nitro benzene ring substituents is 1. The fourth-order valence-electron chi connectivity index (χ4n) is 2.25. The van der Waals surface area contributed by atoms with Crippen molar-refractivity contribution >= 4 is 40.6 Å². The number of nitro groups is 1. The summed E-state index contributed by atoms with van der Waals surface area (Å²) in [6.07, 6.45) is 1.09. The Balaban J connectivity index is 2.04. The van der Waals surface area contributed by atoms with Crippen LogP contribution in [-0.4, -0.2) is 33.2 Å². The van der Waals surface area contributed by atoms with Crippen LogP contribution in [0.5, 0.6) is 11.5 Å². The number of para-hydroxylation sites is 2. The van der Waals surface area contributed by atoms with Gasteiger partial charge in [0.15, 0.2) is 17.1 Å². The first-order chi connectivity index (χ1) is 12.9. The van der Waals surface area contributed by atoms with Crippen molar-refractivity contribution in [3.63, 3.8) is 0 Å². The van der Waals surface area contributed by atoms with Crippen LogP contribution in [0.4, 0.5) is 5.69 Å². The molecule has 0 aliphatic carbocycles. The molecule has 0 aliphatic rings. The van der Waals surface area contributed by atoms with Crippen LogP contribution in [-0.2, 0) is 4.79 Å². The number of rotatable bonds is 6. The number of hydrogen-bond acceptors (Lipinski definition) is 8. The van der Waals surface area contributed by atoms with Crippen molar-refractivity contribution in [3.05, 3.63) is 57.0 Å². The first-order valence-electron chi connectivity index (χ1n) is 7.43. The maximum Gasteiger partial charge on any atom is 0.342 e. The Labute approximate surface area is 156 Å². The van der Waals surface area contributed by atoms with Gasteiger partial charge in [-0.15, -0.1) is 0 Å². The number of aromatic nitrogens is 1. The van der Waals surface area contributed by atoms with Crippen LogP contribution in [0.3, 0.4) is 0 Å². The molecule has 0 amide bonds. The molecule has 9 nitrogen and oxygen atoms in total. The molecule has 0 spiro atoms. The molecule has 138 valence electrons. The fraction of sp³-hybridized carbons (Fsp3) is 0.0588. The SMILES string of the molecule is COc1cc([N+](=O)[O-])cc(/C=C(/Sc2nc3ccccc3o2)C(=O)O)c1O. The lowest BCUT2D eigenvalue weighted by molar-refractivity contribution is -0.385. The Morgan fingerprint density at radius 1 is 1.37 bits per heavy atom. The molecule has 3 rings (SSSR count). The van der Waals surface area contributed by atoms with E-state index in [1.54, 1.807) is 24.3 Å².